The summed E-state index contributed by atoms with van der Waals surface area (Å²) in [6, 6.07) is 0. The van der Waals surface area contributed by atoms with Gasteiger partial charge in [0.2, 0.25) is 5.12 Å². The minimum Gasteiger partial charge on any atom is -0.282 e. The molecule has 13 heavy (non-hydrogen) atoms. The Balaban J connectivity index is 2.50. The van der Waals surface area contributed by atoms with Crippen molar-refractivity contribution in [2.45, 2.75) is 17.9 Å². The van der Waals surface area contributed by atoms with Gasteiger partial charge in [-0.2, -0.15) is 11.8 Å². The van der Waals surface area contributed by atoms with Gasteiger partial charge in [-0.1, -0.05) is 18.3 Å². The summed E-state index contributed by atoms with van der Waals surface area (Å²) in [5.74, 6) is 3.42. The zero-order chi connectivity index (χ0) is 9.90. The third-order valence-electron chi connectivity index (χ3n) is 1.66. The third-order valence-corrected chi connectivity index (χ3v) is 6.43. The van der Waals surface area contributed by atoms with Gasteiger partial charge in [-0.3, -0.25) is 4.79 Å². The monoisotopic (exact) mass is 234 g/mol. The molecule has 1 saturated heterocycles. The van der Waals surface area contributed by atoms with Crippen LogP contribution in [0.2, 0.25) is 0 Å². The molecule has 1 rings (SSSR count). The Bertz CT molecular complexity index is 219. The normalized spacial score (nSPS) is 28.5. The second kappa shape index (κ2) is 4.80. The average Bonchev–Trinajstić information content (AvgIpc) is 2.04. The molecular formula is C9H14OS3. The minimum atomic E-state index is 0.0684. The van der Waals surface area contributed by atoms with Crippen LogP contribution in [0.1, 0.15) is 13.8 Å². The largest absolute Gasteiger partial charge is 0.282 e. The van der Waals surface area contributed by atoms with E-state index in [2.05, 4.69) is 13.5 Å². The first-order valence-corrected chi connectivity index (χ1v) is 7.10. The van der Waals surface area contributed by atoms with Crippen LogP contribution in [0.4, 0.5) is 0 Å². The highest BCUT2D eigenvalue weighted by atomic mass is 32.2. The molecule has 1 fully saturated rings. The maximum Gasteiger partial charge on any atom is 0.215 e. The highest BCUT2D eigenvalue weighted by molar-refractivity contribution is 8.27. The van der Waals surface area contributed by atoms with Crippen molar-refractivity contribution >= 4 is 40.4 Å². The van der Waals surface area contributed by atoms with Crippen LogP contribution < -0.4 is 0 Å². The molecule has 0 bridgehead atoms. The summed E-state index contributed by atoms with van der Waals surface area (Å²) in [5.41, 5.74) is 0.655. The van der Waals surface area contributed by atoms with Gasteiger partial charge in [0.25, 0.3) is 0 Å². The maximum atomic E-state index is 11.5. The van der Waals surface area contributed by atoms with Crippen LogP contribution in [0.25, 0.3) is 0 Å². The second-order valence-corrected chi connectivity index (χ2v) is 7.64. The number of hydrogen-bond donors (Lipinski definition) is 0. The fourth-order valence-electron chi connectivity index (χ4n) is 0.958. The zero-order valence-electron chi connectivity index (χ0n) is 7.96. The number of rotatable bonds is 2. The molecule has 1 nitrogen and oxygen atoms in total. The predicted octanol–water partition coefficient (Wildman–Crippen LogP) is 3.02. The van der Waals surface area contributed by atoms with Crippen molar-refractivity contribution < 1.29 is 4.79 Å². The van der Waals surface area contributed by atoms with Crippen molar-refractivity contribution in [3.05, 3.63) is 12.2 Å². The van der Waals surface area contributed by atoms with Crippen LogP contribution in [-0.2, 0) is 4.79 Å². The molecule has 0 aliphatic carbocycles. The summed E-state index contributed by atoms with van der Waals surface area (Å²) in [6.07, 6.45) is 0. The summed E-state index contributed by atoms with van der Waals surface area (Å²) < 4.78 is 0.0684. The average molecular weight is 234 g/mol. The van der Waals surface area contributed by atoms with E-state index in [-0.39, 0.29) is 9.19 Å². The summed E-state index contributed by atoms with van der Waals surface area (Å²) in [6.45, 7) is 7.59. The lowest BCUT2D eigenvalue weighted by atomic mass is 10.4. The Labute approximate surface area is 92.5 Å². The van der Waals surface area contributed by atoms with Gasteiger partial charge in [0.1, 0.15) is 0 Å². The molecular weight excluding hydrogens is 220 g/mol. The number of hydrogen-bond acceptors (Lipinski definition) is 4. The number of thioether (sulfide) groups is 3. The van der Waals surface area contributed by atoms with Crippen molar-refractivity contribution in [1.29, 1.82) is 0 Å². The van der Waals surface area contributed by atoms with Gasteiger partial charge in [-0.05, 0) is 19.4 Å². The highest BCUT2D eigenvalue weighted by Gasteiger charge is 2.31. The molecule has 0 aromatic carbocycles. The minimum absolute atomic E-state index is 0.0684. The molecule has 0 amide bonds. The molecule has 0 saturated carbocycles. The van der Waals surface area contributed by atoms with Crippen LogP contribution in [0.5, 0.6) is 0 Å². The predicted molar refractivity (Wildman–Crippen MR) is 65.6 cm³/mol. The standard InChI is InChI=1S/C9H14OS3/c1-7(2)8(10)13-9(3)6-11-4-5-12-9/h1,4-6H2,2-3H3. The third kappa shape index (κ3) is 3.60. The van der Waals surface area contributed by atoms with Gasteiger partial charge in [0.05, 0.1) is 4.08 Å². The van der Waals surface area contributed by atoms with Crippen LogP contribution in [-0.4, -0.2) is 26.5 Å². The molecule has 1 heterocycles. The lowest BCUT2D eigenvalue weighted by Crippen LogP contribution is -2.26. The van der Waals surface area contributed by atoms with Crippen molar-refractivity contribution in [3.8, 4) is 0 Å². The Morgan fingerprint density at radius 1 is 1.54 bits per heavy atom. The molecule has 0 spiro atoms. The summed E-state index contributed by atoms with van der Waals surface area (Å²) >= 11 is 5.26. The summed E-state index contributed by atoms with van der Waals surface area (Å²) in [4.78, 5) is 11.5. The Hall–Kier alpha value is 0.460. The first kappa shape index (κ1) is 11.5. The van der Waals surface area contributed by atoms with E-state index in [0.717, 1.165) is 11.5 Å². The van der Waals surface area contributed by atoms with E-state index in [4.69, 9.17) is 0 Å². The van der Waals surface area contributed by atoms with Gasteiger partial charge in [-0.15, -0.1) is 11.8 Å². The molecule has 74 valence electrons. The van der Waals surface area contributed by atoms with E-state index in [1.54, 1.807) is 6.92 Å². The van der Waals surface area contributed by atoms with Crippen molar-refractivity contribution in [1.82, 2.24) is 0 Å². The molecule has 1 unspecified atom stereocenters. The van der Waals surface area contributed by atoms with Crippen LogP contribution in [0.3, 0.4) is 0 Å². The van der Waals surface area contributed by atoms with E-state index in [1.165, 1.54) is 17.5 Å². The molecule has 1 aliphatic rings. The molecule has 0 aromatic rings. The van der Waals surface area contributed by atoms with Crippen molar-refractivity contribution in [2.75, 3.05) is 17.3 Å². The van der Waals surface area contributed by atoms with Gasteiger partial charge in [0.15, 0.2) is 0 Å². The first-order valence-electron chi connectivity index (χ1n) is 4.14. The smallest absolute Gasteiger partial charge is 0.215 e. The number of carbonyl (C=O) groups excluding carboxylic acids is 1. The van der Waals surface area contributed by atoms with E-state index < -0.39 is 0 Å². The Morgan fingerprint density at radius 3 is 2.69 bits per heavy atom. The summed E-state index contributed by atoms with van der Waals surface area (Å²) in [5, 5.41) is 0.137. The van der Waals surface area contributed by atoms with Crippen LogP contribution >= 0.6 is 35.3 Å². The molecule has 0 aromatic heterocycles. The van der Waals surface area contributed by atoms with Crippen LogP contribution in [0.15, 0.2) is 12.2 Å². The van der Waals surface area contributed by atoms with Gasteiger partial charge >= 0.3 is 0 Å². The number of carbonyl (C=O) groups is 1. The van der Waals surface area contributed by atoms with E-state index in [9.17, 15) is 4.79 Å². The molecule has 1 atom stereocenters. The van der Waals surface area contributed by atoms with E-state index >= 15 is 0 Å². The fraction of sp³-hybridized carbons (Fsp3) is 0.667. The van der Waals surface area contributed by atoms with E-state index in [0.29, 0.717) is 5.57 Å². The SMILES string of the molecule is C=C(C)C(=O)SC1(C)CSCCS1. The molecule has 1 aliphatic heterocycles. The van der Waals surface area contributed by atoms with Crippen LogP contribution in [0, 0.1) is 0 Å². The second-order valence-electron chi connectivity index (χ2n) is 3.20. The van der Waals surface area contributed by atoms with Crippen molar-refractivity contribution in [3.63, 3.8) is 0 Å². The van der Waals surface area contributed by atoms with Crippen molar-refractivity contribution in [2.24, 2.45) is 0 Å². The molecule has 0 N–H and O–H groups in total. The quantitative estimate of drug-likeness (QED) is 0.683. The lowest BCUT2D eigenvalue weighted by molar-refractivity contribution is -0.107. The molecule has 0 radical (unpaired) electrons. The fourth-order valence-corrected chi connectivity index (χ4v) is 5.06. The topological polar surface area (TPSA) is 17.1 Å². The highest BCUT2D eigenvalue weighted by Crippen LogP contribution is 2.44. The molecule has 4 heteroatoms. The Kier molecular flexibility index (Phi) is 4.26. The van der Waals surface area contributed by atoms with Gasteiger partial charge in [0, 0.05) is 17.3 Å². The lowest BCUT2D eigenvalue weighted by Gasteiger charge is -2.30. The first-order chi connectivity index (χ1) is 6.03. The maximum absolute atomic E-state index is 11.5. The zero-order valence-corrected chi connectivity index (χ0v) is 10.4. The summed E-state index contributed by atoms with van der Waals surface area (Å²) in [7, 11) is 0. The van der Waals surface area contributed by atoms with E-state index in [1.807, 2.05) is 23.5 Å². The van der Waals surface area contributed by atoms with Gasteiger partial charge < -0.3 is 0 Å². The van der Waals surface area contributed by atoms with Gasteiger partial charge in [-0.25, -0.2) is 0 Å². The Morgan fingerprint density at radius 2 is 2.23 bits per heavy atom.